The van der Waals surface area contributed by atoms with Crippen molar-refractivity contribution in [3.8, 4) is 12.3 Å². The summed E-state index contributed by atoms with van der Waals surface area (Å²) in [7, 11) is 0. The van der Waals surface area contributed by atoms with Crippen LogP contribution in [0, 0.1) is 18.3 Å². The minimum atomic E-state index is -0.830. The lowest BCUT2D eigenvalue weighted by atomic mass is 9.92. The predicted molar refractivity (Wildman–Crippen MR) is 53.2 cm³/mol. The summed E-state index contributed by atoms with van der Waals surface area (Å²) in [5, 5.41) is 8.89. The lowest BCUT2D eigenvalue weighted by Gasteiger charge is -2.12. The van der Waals surface area contributed by atoms with E-state index in [2.05, 4.69) is 5.92 Å². The molecule has 0 amide bonds. The summed E-state index contributed by atoms with van der Waals surface area (Å²) in [6.45, 7) is 5.80. The fraction of sp³-hybridized carbons (Fsp3) is 0.545. The van der Waals surface area contributed by atoms with Gasteiger partial charge in [0.05, 0.1) is 5.92 Å². The third kappa shape index (κ3) is 3.33. The van der Waals surface area contributed by atoms with Gasteiger partial charge in [-0.05, 0) is 20.3 Å². The fourth-order valence-electron chi connectivity index (χ4n) is 1.12. The maximum absolute atomic E-state index is 10.8. The van der Waals surface area contributed by atoms with Gasteiger partial charge in [0.25, 0.3) is 0 Å². The minimum absolute atomic E-state index is 0.276. The lowest BCUT2D eigenvalue weighted by molar-refractivity contribution is -0.140. The second kappa shape index (κ2) is 5.42. The molecular weight excluding hydrogens is 164 g/mol. The Morgan fingerprint density at radius 3 is 2.38 bits per heavy atom. The monoisotopic (exact) mass is 180 g/mol. The van der Waals surface area contributed by atoms with Gasteiger partial charge < -0.3 is 5.11 Å². The number of carboxylic acids is 1. The molecule has 1 N–H and O–H groups in total. The normalized spacial score (nSPS) is 14.3. The molecule has 0 fully saturated rings. The Morgan fingerprint density at radius 2 is 2.08 bits per heavy atom. The van der Waals surface area contributed by atoms with Gasteiger partial charge >= 0.3 is 5.97 Å². The van der Waals surface area contributed by atoms with E-state index in [9.17, 15) is 4.79 Å². The van der Waals surface area contributed by atoms with Gasteiger partial charge in [-0.25, -0.2) is 0 Å². The van der Waals surface area contributed by atoms with Gasteiger partial charge in [-0.2, -0.15) is 0 Å². The number of hydrogen-bond donors (Lipinski definition) is 1. The first kappa shape index (κ1) is 11.8. The van der Waals surface area contributed by atoms with E-state index < -0.39 is 11.9 Å². The summed E-state index contributed by atoms with van der Waals surface area (Å²) in [5.41, 5.74) is 2.01. The third-order valence-electron chi connectivity index (χ3n) is 2.35. The van der Waals surface area contributed by atoms with Crippen LogP contribution in [0.4, 0.5) is 0 Å². The van der Waals surface area contributed by atoms with Crippen LogP contribution in [0.1, 0.15) is 33.6 Å². The van der Waals surface area contributed by atoms with E-state index in [-0.39, 0.29) is 6.42 Å². The summed E-state index contributed by atoms with van der Waals surface area (Å²) in [5.74, 6) is 1.05. The number of allylic oxidation sites excluding steroid dienone is 1. The third-order valence-corrected chi connectivity index (χ3v) is 2.35. The lowest BCUT2D eigenvalue weighted by Crippen LogP contribution is -2.15. The van der Waals surface area contributed by atoms with Crippen LogP contribution in [0.2, 0.25) is 0 Å². The van der Waals surface area contributed by atoms with Crippen molar-refractivity contribution in [2.45, 2.75) is 33.6 Å². The van der Waals surface area contributed by atoms with Gasteiger partial charge in [0.1, 0.15) is 0 Å². The standard InChI is InChI=1S/C11H16O2/c1-5-7-10(11(12)13)9(4)8(3)6-2/h1,10H,6-7H2,2-4H3,(H,12,13)/b9-8+. The highest BCUT2D eigenvalue weighted by Crippen LogP contribution is 2.20. The van der Waals surface area contributed by atoms with E-state index in [0.29, 0.717) is 0 Å². The highest BCUT2D eigenvalue weighted by Gasteiger charge is 2.19. The summed E-state index contributed by atoms with van der Waals surface area (Å²) in [4.78, 5) is 10.8. The Balaban J connectivity index is 4.76. The van der Waals surface area contributed by atoms with Gasteiger partial charge in [0.15, 0.2) is 0 Å². The smallest absolute Gasteiger partial charge is 0.311 e. The highest BCUT2D eigenvalue weighted by atomic mass is 16.4. The molecule has 0 radical (unpaired) electrons. The molecule has 2 heteroatoms. The Kier molecular flexibility index (Phi) is 4.91. The summed E-state index contributed by atoms with van der Waals surface area (Å²) in [6.07, 6.45) is 6.26. The van der Waals surface area contributed by atoms with Crippen LogP contribution in [0.3, 0.4) is 0 Å². The van der Waals surface area contributed by atoms with Crippen molar-refractivity contribution in [2.75, 3.05) is 0 Å². The van der Waals surface area contributed by atoms with Crippen LogP contribution >= 0.6 is 0 Å². The number of aliphatic carboxylic acids is 1. The zero-order valence-electron chi connectivity index (χ0n) is 8.42. The summed E-state index contributed by atoms with van der Waals surface area (Å²) < 4.78 is 0. The second-order valence-corrected chi connectivity index (χ2v) is 3.12. The maximum atomic E-state index is 10.8. The molecule has 0 aromatic carbocycles. The van der Waals surface area contributed by atoms with Gasteiger partial charge in [0, 0.05) is 6.42 Å². The average molecular weight is 180 g/mol. The second-order valence-electron chi connectivity index (χ2n) is 3.12. The molecule has 72 valence electrons. The van der Waals surface area contributed by atoms with Crippen LogP contribution in [0.25, 0.3) is 0 Å². The molecule has 0 aliphatic carbocycles. The molecular formula is C11H16O2. The Labute approximate surface area is 79.7 Å². The van der Waals surface area contributed by atoms with E-state index in [0.717, 1.165) is 17.6 Å². The van der Waals surface area contributed by atoms with Crippen LogP contribution in [-0.2, 0) is 4.79 Å². The van der Waals surface area contributed by atoms with Gasteiger partial charge in [-0.1, -0.05) is 18.1 Å². The molecule has 1 unspecified atom stereocenters. The number of carbonyl (C=O) groups is 1. The van der Waals surface area contributed by atoms with Crippen molar-refractivity contribution < 1.29 is 9.90 Å². The molecule has 1 atom stereocenters. The first-order valence-corrected chi connectivity index (χ1v) is 4.37. The Morgan fingerprint density at radius 1 is 1.54 bits per heavy atom. The van der Waals surface area contributed by atoms with Crippen LogP contribution in [-0.4, -0.2) is 11.1 Å². The van der Waals surface area contributed by atoms with Crippen molar-refractivity contribution in [1.29, 1.82) is 0 Å². The molecule has 2 nitrogen and oxygen atoms in total. The average Bonchev–Trinajstić information content (AvgIpc) is 2.11. The first-order valence-electron chi connectivity index (χ1n) is 4.37. The summed E-state index contributed by atoms with van der Waals surface area (Å²) >= 11 is 0. The number of hydrogen-bond acceptors (Lipinski definition) is 1. The first-order chi connectivity index (χ1) is 6.04. The molecule has 0 aliphatic rings. The van der Waals surface area contributed by atoms with Crippen molar-refractivity contribution in [3.05, 3.63) is 11.1 Å². The quantitative estimate of drug-likeness (QED) is 0.533. The van der Waals surface area contributed by atoms with Gasteiger partial charge in [-0.15, -0.1) is 12.3 Å². The van der Waals surface area contributed by atoms with Crippen molar-refractivity contribution in [3.63, 3.8) is 0 Å². The zero-order valence-corrected chi connectivity index (χ0v) is 8.42. The number of terminal acetylenes is 1. The van der Waals surface area contributed by atoms with E-state index in [1.807, 2.05) is 20.8 Å². The largest absolute Gasteiger partial charge is 0.481 e. The molecule has 13 heavy (non-hydrogen) atoms. The molecule has 0 saturated carbocycles. The van der Waals surface area contributed by atoms with Crippen molar-refractivity contribution in [1.82, 2.24) is 0 Å². The molecule has 0 rings (SSSR count). The molecule has 0 aromatic heterocycles. The predicted octanol–water partition coefficient (Wildman–Crippen LogP) is 2.46. The van der Waals surface area contributed by atoms with Crippen LogP contribution in [0.5, 0.6) is 0 Å². The molecule has 0 heterocycles. The van der Waals surface area contributed by atoms with Gasteiger partial charge in [-0.3, -0.25) is 4.79 Å². The van der Waals surface area contributed by atoms with E-state index in [4.69, 9.17) is 11.5 Å². The van der Waals surface area contributed by atoms with Gasteiger partial charge in [0.2, 0.25) is 0 Å². The summed E-state index contributed by atoms with van der Waals surface area (Å²) in [6, 6.07) is 0. The Hall–Kier alpha value is -1.23. The minimum Gasteiger partial charge on any atom is -0.481 e. The molecule has 0 aliphatic heterocycles. The van der Waals surface area contributed by atoms with Crippen LogP contribution < -0.4 is 0 Å². The molecule has 0 saturated heterocycles. The fourth-order valence-corrected chi connectivity index (χ4v) is 1.12. The van der Waals surface area contributed by atoms with Crippen LogP contribution in [0.15, 0.2) is 11.1 Å². The number of carboxylic acid groups (broad SMARTS) is 1. The van der Waals surface area contributed by atoms with E-state index in [1.54, 1.807) is 0 Å². The molecule has 0 aromatic rings. The zero-order chi connectivity index (χ0) is 10.4. The molecule has 0 spiro atoms. The van der Waals surface area contributed by atoms with E-state index in [1.165, 1.54) is 0 Å². The highest BCUT2D eigenvalue weighted by molar-refractivity contribution is 5.74. The van der Waals surface area contributed by atoms with Crippen molar-refractivity contribution >= 4 is 5.97 Å². The number of rotatable bonds is 4. The van der Waals surface area contributed by atoms with Crippen molar-refractivity contribution in [2.24, 2.45) is 5.92 Å². The maximum Gasteiger partial charge on any atom is 0.311 e. The Bertz CT molecular complexity index is 256. The topological polar surface area (TPSA) is 37.3 Å². The van der Waals surface area contributed by atoms with E-state index >= 15 is 0 Å². The SMILES string of the molecule is C#CCC(C(=O)O)/C(C)=C(\C)CC. The molecule has 0 bridgehead atoms.